The first-order valence-electron chi connectivity index (χ1n) is 33.0. The van der Waals surface area contributed by atoms with Gasteiger partial charge >= 0.3 is 13.8 Å². The van der Waals surface area contributed by atoms with Gasteiger partial charge in [0.15, 0.2) is 37.7 Å². The SMILES string of the molecule is NCCOP(=O)(O)OC[C@H](O)[C@H]1O[C@H](O[C@H]2[C@@H]([C@H](O)CO)O[C@@](OC[C@H]3O[C@@H](OC[C@@H](O)[C@@H](O)[C@H](O)[C@@H](N)CO)[C@H](N)[C@@H](O)[C@@H]3O)(C(=O)O)C[C@H]2O)[C@@H](O)[C@@H](O[C@H]2O[C@H]([C@@H](O)CO)[C@@H](O)[C@H](O)[C@@H]2O[C@H]2O[C@H]([C@H](O)CO[C@@H]3O[C@H](CO)[C@H](O[C@H]4O[C@H](CO)[C@@H](O)[C@H](O)[C@H]4O)[C@H](O)[C@H]3O)[C@@H](O)[C@H](O)[C@@H]2O)[C@@H]1O. The fourth-order valence-electron chi connectivity index (χ4n) is 12.4. The Morgan fingerprint density at radius 2 is 0.934 bits per heavy atom. The Kier molecular flexibility index (Phi) is 34.1. The van der Waals surface area contributed by atoms with Crippen molar-refractivity contribution < 1.29 is 233 Å². The van der Waals surface area contributed by atoms with Crippen LogP contribution in [0.15, 0.2) is 0 Å². The molecule has 0 aromatic heterocycles. The quantitative estimate of drug-likeness (QED) is 0.0259. The Balaban J connectivity index is 1.12. The van der Waals surface area contributed by atoms with Crippen LogP contribution in [0, 0.1) is 0 Å². The molecule has 0 aliphatic carbocycles. The minimum Gasteiger partial charge on any atom is -0.477 e. The maximum atomic E-state index is 13.2. The lowest BCUT2D eigenvalue weighted by atomic mass is 9.91. The van der Waals surface area contributed by atoms with E-state index in [4.69, 9.17) is 88.0 Å². The number of carbonyl (C=O) groups is 1. The summed E-state index contributed by atoms with van der Waals surface area (Å²) < 4.78 is 101. The number of aliphatic hydroxyl groups is 27. The Morgan fingerprint density at radius 3 is 1.53 bits per heavy atom. The molecule has 7 rings (SSSR count). The lowest BCUT2D eigenvalue weighted by Gasteiger charge is -2.51. The van der Waals surface area contributed by atoms with Gasteiger partial charge in [-0.2, -0.15) is 0 Å². The van der Waals surface area contributed by atoms with E-state index in [0.29, 0.717) is 0 Å². The van der Waals surface area contributed by atoms with E-state index in [2.05, 4.69) is 4.52 Å². The second-order valence-corrected chi connectivity index (χ2v) is 27.5. The summed E-state index contributed by atoms with van der Waals surface area (Å²) in [6.07, 6.45) is -88.1. The number of hydrogen-bond donors (Lipinski definition) is 32. The molecule has 43 atom stereocenters. The molecule has 0 spiro atoms. The van der Waals surface area contributed by atoms with Gasteiger partial charge in [0, 0.05) is 13.0 Å². The zero-order valence-electron chi connectivity index (χ0n) is 55.7. The van der Waals surface area contributed by atoms with E-state index >= 15 is 0 Å². The summed E-state index contributed by atoms with van der Waals surface area (Å²) in [4.78, 5) is 23.5. The summed E-state index contributed by atoms with van der Waals surface area (Å²) >= 11 is 0. The van der Waals surface area contributed by atoms with Gasteiger partial charge in [-0.05, 0) is 0 Å². The van der Waals surface area contributed by atoms with Gasteiger partial charge in [0.2, 0.25) is 0 Å². The molecule has 1 unspecified atom stereocenters. The lowest BCUT2D eigenvalue weighted by Crippen LogP contribution is -2.69. The predicted octanol–water partition coefficient (Wildman–Crippen LogP) is -20.9. The largest absolute Gasteiger partial charge is 0.477 e. The molecule has 51 heteroatoms. The van der Waals surface area contributed by atoms with Crippen molar-refractivity contribution in [2.24, 2.45) is 17.2 Å². The van der Waals surface area contributed by atoms with Gasteiger partial charge in [0.05, 0.1) is 90.4 Å². The average molecular weight is 1590 g/mol. The highest BCUT2D eigenvalue weighted by molar-refractivity contribution is 7.47. The third-order valence-corrected chi connectivity index (χ3v) is 19.6. The van der Waals surface area contributed by atoms with Crippen molar-refractivity contribution in [2.75, 3.05) is 72.6 Å². The molecule has 622 valence electrons. The normalized spacial score (nSPS) is 45.6. The molecule has 7 heterocycles. The lowest BCUT2D eigenvalue weighted by molar-refractivity contribution is -0.403. The molecule has 7 aliphatic rings. The van der Waals surface area contributed by atoms with E-state index in [1.165, 1.54) is 0 Å². The first-order chi connectivity index (χ1) is 49.8. The number of carboxylic acids is 1. The van der Waals surface area contributed by atoms with E-state index in [1.807, 2.05) is 0 Å². The van der Waals surface area contributed by atoms with Gasteiger partial charge in [0.25, 0.3) is 5.79 Å². The van der Waals surface area contributed by atoms with E-state index in [1.54, 1.807) is 0 Å². The van der Waals surface area contributed by atoms with Crippen molar-refractivity contribution >= 4 is 13.8 Å². The van der Waals surface area contributed by atoms with Crippen molar-refractivity contribution in [3.63, 3.8) is 0 Å². The molecule has 0 saturated carbocycles. The number of aliphatic carboxylic acids is 1. The third-order valence-electron chi connectivity index (χ3n) is 18.6. The summed E-state index contributed by atoms with van der Waals surface area (Å²) in [6.45, 7) is -11.1. The summed E-state index contributed by atoms with van der Waals surface area (Å²) in [7, 11) is -5.16. The van der Waals surface area contributed by atoms with Crippen LogP contribution >= 0.6 is 7.82 Å². The fraction of sp³-hybridized carbons (Fsp3) is 0.982. The molecule has 106 heavy (non-hydrogen) atoms. The van der Waals surface area contributed by atoms with Crippen LogP contribution in [0.2, 0.25) is 0 Å². The summed E-state index contributed by atoms with van der Waals surface area (Å²) in [5.74, 6) is -5.37. The molecular formula is C55H100N3O47P. The van der Waals surface area contributed by atoms with Crippen LogP contribution in [0.5, 0.6) is 0 Å². The number of phosphoric acid groups is 1. The second-order valence-electron chi connectivity index (χ2n) is 26.1. The monoisotopic (exact) mass is 1590 g/mol. The minimum atomic E-state index is -5.16. The number of nitrogens with two attached hydrogens (primary N) is 3. The van der Waals surface area contributed by atoms with Crippen molar-refractivity contribution in [3.05, 3.63) is 0 Å². The number of phosphoric ester groups is 1. The molecule has 7 aliphatic heterocycles. The third kappa shape index (κ3) is 20.8. The maximum absolute atomic E-state index is 13.2. The topological polar surface area (TPSA) is 847 Å². The number of aliphatic hydroxyl groups excluding tert-OH is 27. The van der Waals surface area contributed by atoms with Crippen LogP contribution in [0.4, 0.5) is 0 Å². The first kappa shape index (κ1) is 91.0. The number of carboxylic acid groups (broad SMARTS) is 1. The molecule has 7 fully saturated rings. The van der Waals surface area contributed by atoms with Gasteiger partial charge in [-0.15, -0.1) is 0 Å². The van der Waals surface area contributed by atoms with Crippen LogP contribution in [0.3, 0.4) is 0 Å². The summed E-state index contributed by atoms with van der Waals surface area (Å²) in [5.41, 5.74) is 16.8. The van der Waals surface area contributed by atoms with Gasteiger partial charge in [-0.25, -0.2) is 9.36 Å². The van der Waals surface area contributed by atoms with Crippen LogP contribution in [0.1, 0.15) is 6.42 Å². The van der Waals surface area contributed by atoms with E-state index in [9.17, 15) is 157 Å². The Morgan fingerprint density at radius 1 is 0.462 bits per heavy atom. The average Bonchev–Trinajstić information content (AvgIpc) is 0.765. The Labute approximate surface area is 598 Å². The van der Waals surface area contributed by atoms with Gasteiger partial charge in [0.1, 0.15) is 189 Å². The minimum absolute atomic E-state index is 0.351. The number of rotatable bonds is 36. The highest BCUT2D eigenvalue weighted by Gasteiger charge is 2.61. The van der Waals surface area contributed by atoms with Crippen LogP contribution < -0.4 is 17.2 Å². The van der Waals surface area contributed by atoms with Crippen molar-refractivity contribution in [3.8, 4) is 0 Å². The molecule has 7 saturated heterocycles. The molecule has 0 aromatic rings. The zero-order chi connectivity index (χ0) is 79.0. The van der Waals surface area contributed by atoms with Crippen molar-refractivity contribution in [1.29, 1.82) is 0 Å². The van der Waals surface area contributed by atoms with Crippen LogP contribution in [0.25, 0.3) is 0 Å². The van der Waals surface area contributed by atoms with E-state index < -0.39 is 343 Å². The number of ether oxygens (including phenoxy) is 14. The molecule has 0 radical (unpaired) electrons. The molecule has 0 bridgehead atoms. The highest BCUT2D eigenvalue weighted by Crippen LogP contribution is 2.45. The van der Waals surface area contributed by atoms with Gasteiger partial charge < -0.3 is 231 Å². The molecular weight excluding hydrogens is 1490 g/mol. The number of hydrogen-bond acceptors (Lipinski definition) is 48. The van der Waals surface area contributed by atoms with Crippen LogP contribution in [-0.4, -0.2) is 484 Å². The fourth-order valence-corrected chi connectivity index (χ4v) is 13.1. The summed E-state index contributed by atoms with van der Waals surface area (Å²) in [5, 5.41) is 304. The Hall–Kier alpha value is -2.18. The maximum Gasteiger partial charge on any atom is 0.472 e. The van der Waals surface area contributed by atoms with Gasteiger partial charge in [-0.3, -0.25) is 9.05 Å². The highest BCUT2D eigenvalue weighted by atomic mass is 31.2. The van der Waals surface area contributed by atoms with E-state index in [0.717, 1.165) is 0 Å². The zero-order valence-corrected chi connectivity index (χ0v) is 56.5. The molecule has 35 N–H and O–H groups in total. The van der Waals surface area contributed by atoms with Crippen molar-refractivity contribution in [2.45, 2.75) is 263 Å². The molecule has 50 nitrogen and oxygen atoms in total. The predicted molar refractivity (Wildman–Crippen MR) is 323 cm³/mol. The first-order valence-corrected chi connectivity index (χ1v) is 34.5. The van der Waals surface area contributed by atoms with E-state index in [-0.39, 0.29) is 6.54 Å². The molecule has 0 amide bonds. The summed E-state index contributed by atoms with van der Waals surface area (Å²) in [6, 6.07) is -3.11. The smallest absolute Gasteiger partial charge is 0.472 e. The Bertz CT molecular complexity index is 2690. The van der Waals surface area contributed by atoms with Crippen molar-refractivity contribution in [1.82, 2.24) is 0 Å². The van der Waals surface area contributed by atoms with Crippen LogP contribution in [-0.2, 0) is 84.7 Å². The second kappa shape index (κ2) is 39.7. The molecule has 0 aromatic carbocycles. The standard InChI is InChI=1S/C55H100N3O47P/c56-1-2-93-106(88,89)94-11-19(69)42-38(84)46(39(85)52(99-42)101-43-14(64)3-55(54(86)87,105-44(43)16(66)6-61)92-12-22-27(73)28(74)23(58)48(97-22)90-9-17(67)25(71)24(70)13(57)4-59)103-53-47(33(79)32(78)40(100-53)15(65)5-60)104-51-36(82)30(76)31(77)41(98-51)18(68)10-91-49-37(83)34(80)45(21(8-63)96-49)102-50-35(81)29(75)26(72)20(7-62)95-50/h13-53,59-85H,1-12,56-58H2,(H,86,87)(H,88,89)/t13-,14+,15-,16+,17+,18+,19-,20+,21+,22+,23+,24+,25+,26+,27+,28+,29-,30-,31-,32-,33-,34+,35+,36-,37+,38+,39-,40+,41+,42+,43+,44+,45-,46-,47-,48+,49+,50+,51+,52+,53+,55+/m0/s1. The van der Waals surface area contributed by atoms with Gasteiger partial charge in [-0.1, -0.05) is 0 Å².